The molecule has 7 heteroatoms. The Labute approximate surface area is 131 Å². The van der Waals surface area contributed by atoms with Crippen LogP contribution in [0, 0.1) is 28.8 Å². The van der Waals surface area contributed by atoms with Crippen molar-refractivity contribution in [2.45, 2.75) is 0 Å². The number of aromatic amines is 1. The van der Waals surface area contributed by atoms with Gasteiger partial charge >= 0.3 is 0 Å². The molecular formula is C15H6BrF3N2O. The van der Waals surface area contributed by atoms with Crippen molar-refractivity contribution in [1.82, 2.24) is 4.98 Å². The first-order chi connectivity index (χ1) is 10.5. The molecule has 0 saturated heterocycles. The number of halogens is 4. The zero-order valence-corrected chi connectivity index (χ0v) is 12.3. The van der Waals surface area contributed by atoms with E-state index in [1.54, 1.807) is 12.1 Å². The molecule has 0 radical (unpaired) electrons. The van der Waals surface area contributed by atoms with E-state index in [9.17, 15) is 13.2 Å². The summed E-state index contributed by atoms with van der Waals surface area (Å²) in [4.78, 5) is 2.59. The van der Waals surface area contributed by atoms with Crippen LogP contribution in [0.1, 0.15) is 5.56 Å². The molecule has 2 aromatic carbocycles. The van der Waals surface area contributed by atoms with E-state index in [0.717, 1.165) is 12.1 Å². The van der Waals surface area contributed by atoms with Crippen molar-refractivity contribution in [3.8, 4) is 17.6 Å². The molecule has 3 aromatic rings. The second kappa shape index (κ2) is 5.39. The SMILES string of the molecule is N#Cc1cc(Oc2c(F)c(F)c3[nH]ccc3c2Br)ccc1F. The van der Waals surface area contributed by atoms with Gasteiger partial charge in [0, 0.05) is 17.6 Å². The Kier molecular flexibility index (Phi) is 3.54. The molecule has 1 N–H and O–H groups in total. The Hall–Kier alpha value is -2.46. The third-order valence-electron chi connectivity index (χ3n) is 3.07. The monoisotopic (exact) mass is 366 g/mol. The zero-order chi connectivity index (χ0) is 15.9. The Bertz CT molecular complexity index is 931. The number of nitrogens with zero attached hydrogens (tertiary/aromatic N) is 1. The maximum absolute atomic E-state index is 14.1. The molecule has 0 fully saturated rings. The fraction of sp³-hybridized carbons (Fsp3) is 0. The van der Waals surface area contributed by atoms with Gasteiger partial charge in [0.15, 0.2) is 11.6 Å². The largest absolute Gasteiger partial charge is 0.453 e. The van der Waals surface area contributed by atoms with Crippen LogP contribution in [0.25, 0.3) is 10.9 Å². The van der Waals surface area contributed by atoms with Crippen LogP contribution < -0.4 is 4.74 Å². The van der Waals surface area contributed by atoms with Crippen LogP contribution in [0.3, 0.4) is 0 Å². The minimum Gasteiger partial charge on any atom is -0.453 e. The first kappa shape index (κ1) is 14.5. The maximum atomic E-state index is 14.1. The van der Waals surface area contributed by atoms with Crippen molar-refractivity contribution >= 4 is 26.8 Å². The number of fused-ring (bicyclic) bond motifs is 1. The summed E-state index contributed by atoms with van der Waals surface area (Å²) in [5, 5.41) is 9.18. The van der Waals surface area contributed by atoms with E-state index in [-0.39, 0.29) is 27.1 Å². The van der Waals surface area contributed by atoms with Gasteiger partial charge in [-0.1, -0.05) is 0 Å². The molecule has 0 spiro atoms. The molecule has 0 saturated carbocycles. The lowest BCUT2D eigenvalue weighted by Crippen LogP contribution is -1.96. The summed E-state index contributed by atoms with van der Waals surface area (Å²) >= 11 is 3.16. The smallest absolute Gasteiger partial charge is 0.204 e. The van der Waals surface area contributed by atoms with Crippen LogP contribution in [-0.2, 0) is 0 Å². The zero-order valence-electron chi connectivity index (χ0n) is 10.8. The van der Waals surface area contributed by atoms with Crippen molar-refractivity contribution in [2.75, 3.05) is 0 Å². The second-order valence-corrected chi connectivity index (χ2v) is 5.19. The van der Waals surface area contributed by atoms with Gasteiger partial charge in [0.1, 0.15) is 17.6 Å². The molecule has 0 unspecified atom stereocenters. The molecule has 0 amide bonds. The summed E-state index contributed by atoms with van der Waals surface area (Å²) < 4.78 is 46.9. The van der Waals surface area contributed by atoms with Crippen molar-refractivity contribution in [2.24, 2.45) is 0 Å². The molecule has 22 heavy (non-hydrogen) atoms. The van der Waals surface area contributed by atoms with Gasteiger partial charge in [-0.25, -0.2) is 8.78 Å². The number of nitriles is 1. The average molecular weight is 367 g/mol. The minimum atomic E-state index is -1.19. The topological polar surface area (TPSA) is 48.8 Å². The van der Waals surface area contributed by atoms with Crippen LogP contribution in [0.5, 0.6) is 11.5 Å². The maximum Gasteiger partial charge on any atom is 0.204 e. The lowest BCUT2D eigenvalue weighted by atomic mass is 10.2. The number of hydrogen-bond donors (Lipinski definition) is 1. The Balaban J connectivity index is 2.13. The lowest BCUT2D eigenvalue weighted by Gasteiger charge is -2.11. The molecule has 1 aromatic heterocycles. The van der Waals surface area contributed by atoms with E-state index in [0.29, 0.717) is 5.39 Å². The van der Waals surface area contributed by atoms with Crippen molar-refractivity contribution in [3.63, 3.8) is 0 Å². The summed E-state index contributed by atoms with van der Waals surface area (Å²) in [6.45, 7) is 0. The Morgan fingerprint density at radius 2 is 1.91 bits per heavy atom. The Morgan fingerprint density at radius 1 is 1.14 bits per heavy atom. The molecular weight excluding hydrogens is 361 g/mol. The summed E-state index contributed by atoms with van der Waals surface area (Å²) in [5.41, 5.74) is -0.245. The number of nitrogens with one attached hydrogen (secondary N) is 1. The van der Waals surface area contributed by atoms with Gasteiger partial charge in [-0.05, 0) is 34.1 Å². The molecule has 3 rings (SSSR count). The van der Waals surface area contributed by atoms with Gasteiger partial charge in [0.05, 0.1) is 15.6 Å². The van der Waals surface area contributed by atoms with E-state index in [2.05, 4.69) is 20.9 Å². The van der Waals surface area contributed by atoms with Crippen LogP contribution in [0.4, 0.5) is 13.2 Å². The summed E-state index contributed by atoms with van der Waals surface area (Å²) in [5.74, 6) is -3.35. The van der Waals surface area contributed by atoms with Crippen molar-refractivity contribution < 1.29 is 17.9 Å². The fourth-order valence-electron chi connectivity index (χ4n) is 2.02. The van der Waals surface area contributed by atoms with Crippen LogP contribution in [-0.4, -0.2) is 4.98 Å². The van der Waals surface area contributed by atoms with E-state index in [1.165, 1.54) is 12.3 Å². The molecule has 3 nitrogen and oxygen atoms in total. The highest BCUT2D eigenvalue weighted by atomic mass is 79.9. The quantitative estimate of drug-likeness (QED) is 0.648. The van der Waals surface area contributed by atoms with Crippen LogP contribution in [0.2, 0.25) is 0 Å². The predicted octanol–water partition coefficient (Wildman–Crippen LogP) is 5.01. The first-order valence-corrected chi connectivity index (χ1v) is 6.83. The number of H-pyrrole nitrogens is 1. The van der Waals surface area contributed by atoms with Crippen molar-refractivity contribution in [3.05, 3.63) is 58.0 Å². The number of rotatable bonds is 2. The van der Waals surface area contributed by atoms with Crippen molar-refractivity contribution in [1.29, 1.82) is 5.26 Å². The molecule has 0 aliphatic heterocycles. The van der Waals surface area contributed by atoms with Gasteiger partial charge in [-0.2, -0.15) is 9.65 Å². The summed E-state index contributed by atoms with van der Waals surface area (Å²) in [7, 11) is 0. The summed E-state index contributed by atoms with van der Waals surface area (Å²) in [6.07, 6.45) is 1.47. The lowest BCUT2D eigenvalue weighted by molar-refractivity contribution is 0.416. The third-order valence-corrected chi connectivity index (χ3v) is 3.86. The number of hydrogen-bond acceptors (Lipinski definition) is 2. The van der Waals surface area contributed by atoms with Gasteiger partial charge in [-0.3, -0.25) is 0 Å². The highest BCUT2D eigenvalue weighted by molar-refractivity contribution is 9.10. The Morgan fingerprint density at radius 3 is 2.64 bits per heavy atom. The van der Waals surface area contributed by atoms with E-state index in [1.807, 2.05) is 0 Å². The number of benzene rings is 2. The fourth-order valence-corrected chi connectivity index (χ4v) is 2.61. The van der Waals surface area contributed by atoms with Crippen LogP contribution in [0.15, 0.2) is 34.9 Å². The van der Waals surface area contributed by atoms with Crippen LogP contribution >= 0.6 is 15.9 Å². The normalized spacial score (nSPS) is 10.7. The van der Waals surface area contributed by atoms with Gasteiger partial charge < -0.3 is 9.72 Å². The molecule has 110 valence electrons. The van der Waals surface area contributed by atoms with Gasteiger partial charge in [0.25, 0.3) is 0 Å². The highest BCUT2D eigenvalue weighted by Gasteiger charge is 2.21. The second-order valence-electron chi connectivity index (χ2n) is 4.39. The molecule has 0 atom stereocenters. The number of aromatic nitrogens is 1. The average Bonchev–Trinajstić information content (AvgIpc) is 3.01. The van der Waals surface area contributed by atoms with E-state index in [4.69, 9.17) is 10.00 Å². The number of ether oxygens (including phenoxy) is 1. The molecule has 0 bridgehead atoms. The minimum absolute atomic E-state index is 0.00791. The highest BCUT2D eigenvalue weighted by Crippen LogP contribution is 2.40. The third kappa shape index (κ3) is 2.22. The molecule has 0 aliphatic carbocycles. The predicted molar refractivity (Wildman–Crippen MR) is 77.1 cm³/mol. The first-order valence-electron chi connectivity index (χ1n) is 6.04. The standard InChI is InChI=1S/C15H6BrF3N2O/c16-11-9-3-4-21-14(9)12(18)13(19)15(11)22-8-1-2-10(17)7(5-8)6-20/h1-5,21H. The van der Waals surface area contributed by atoms with E-state index >= 15 is 0 Å². The molecule has 1 heterocycles. The molecule has 0 aliphatic rings. The summed E-state index contributed by atoms with van der Waals surface area (Å²) in [6, 6.07) is 6.56. The van der Waals surface area contributed by atoms with Gasteiger partial charge in [-0.15, -0.1) is 0 Å². The van der Waals surface area contributed by atoms with E-state index < -0.39 is 17.5 Å². The van der Waals surface area contributed by atoms with Gasteiger partial charge in [0.2, 0.25) is 5.82 Å².